The monoisotopic (exact) mass is 508 g/mol. The first-order chi connectivity index (χ1) is 17.4. The summed E-state index contributed by atoms with van der Waals surface area (Å²) in [6.45, 7) is 4.64. The van der Waals surface area contributed by atoms with Crippen LogP contribution >= 0.6 is 11.8 Å². The van der Waals surface area contributed by atoms with Crippen molar-refractivity contribution in [2.75, 3.05) is 31.5 Å². The van der Waals surface area contributed by atoms with E-state index >= 15 is 0 Å². The number of ether oxygens (including phenoxy) is 3. The van der Waals surface area contributed by atoms with Crippen molar-refractivity contribution in [2.24, 2.45) is 0 Å². The summed E-state index contributed by atoms with van der Waals surface area (Å²) in [7, 11) is 3.01. The largest absolute Gasteiger partial charge is 0.496 e. The van der Waals surface area contributed by atoms with Crippen molar-refractivity contribution in [2.45, 2.75) is 36.8 Å². The van der Waals surface area contributed by atoms with E-state index in [9.17, 15) is 9.59 Å². The summed E-state index contributed by atoms with van der Waals surface area (Å²) < 4.78 is 16.3. The van der Waals surface area contributed by atoms with Gasteiger partial charge in [0.25, 0.3) is 5.91 Å². The van der Waals surface area contributed by atoms with Crippen molar-refractivity contribution >= 4 is 35.0 Å². The van der Waals surface area contributed by atoms with E-state index in [1.165, 1.54) is 26.0 Å². The summed E-state index contributed by atoms with van der Waals surface area (Å²) in [5.41, 5.74) is 1.63. The zero-order valence-corrected chi connectivity index (χ0v) is 21.8. The predicted octanol–water partition coefficient (Wildman–Crippen LogP) is 6.25. The Balaban J connectivity index is 1.60. The molecule has 0 saturated carbocycles. The molecule has 0 aliphatic heterocycles. The first-order valence-electron chi connectivity index (χ1n) is 11.8. The van der Waals surface area contributed by atoms with E-state index in [2.05, 4.69) is 17.6 Å². The second-order valence-electron chi connectivity index (χ2n) is 8.00. The van der Waals surface area contributed by atoms with Crippen LogP contribution in [0.3, 0.4) is 0 Å². The lowest BCUT2D eigenvalue weighted by Gasteiger charge is -2.15. The van der Waals surface area contributed by atoms with E-state index < -0.39 is 0 Å². The molecule has 1 atom stereocenters. The van der Waals surface area contributed by atoms with E-state index in [0.29, 0.717) is 35.0 Å². The standard InChI is InChI=1S/C28H32N2O5S/c1-5-6-17-35-22-15-13-20(14-16-22)29-27(31)19(2)36-23-10-7-9-21(18-23)30-28(32)26-24(33-3)11-8-12-25(26)34-4/h7-16,18-19H,5-6,17H2,1-4H3,(H,29,31)(H,30,32). The van der Waals surface area contributed by atoms with Crippen molar-refractivity contribution in [3.05, 3.63) is 72.3 Å². The van der Waals surface area contributed by atoms with Crippen LogP contribution in [-0.4, -0.2) is 37.9 Å². The molecule has 2 amide bonds. The highest BCUT2D eigenvalue weighted by atomic mass is 32.2. The number of methoxy groups -OCH3 is 2. The number of thioether (sulfide) groups is 1. The zero-order chi connectivity index (χ0) is 25.9. The molecule has 0 spiro atoms. The highest BCUT2D eigenvalue weighted by Crippen LogP contribution is 2.31. The van der Waals surface area contributed by atoms with Gasteiger partial charge in [0, 0.05) is 16.3 Å². The molecular weight excluding hydrogens is 476 g/mol. The molecule has 0 aromatic heterocycles. The Morgan fingerprint density at radius 1 is 0.889 bits per heavy atom. The number of unbranched alkanes of at least 4 members (excludes halogenated alkanes) is 1. The molecule has 3 aromatic carbocycles. The molecular formula is C28H32N2O5S. The second kappa shape index (κ2) is 13.4. The molecule has 3 rings (SSSR count). The van der Waals surface area contributed by atoms with Crippen LogP contribution in [0, 0.1) is 0 Å². The summed E-state index contributed by atoms with van der Waals surface area (Å²) >= 11 is 1.40. The smallest absolute Gasteiger partial charge is 0.263 e. The number of carbonyl (C=O) groups excluding carboxylic acids is 2. The third-order valence-corrected chi connectivity index (χ3v) is 6.41. The van der Waals surface area contributed by atoms with Gasteiger partial charge in [-0.15, -0.1) is 11.8 Å². The van der Waals surface area contributed by atoms with Gasteiger partial charge in [0.05, 0.1) is 26.1 Å². The first-order valence-corrected chi connectivity index (χ1v) is 12.7. The molecule has 1 unspecified atom stereocenters. The zero-order valence-electron chi connectivity index (χ0n) is 21.0. The number of anilines is 2. The molecule has 0 radical (unpaired) electrons. The third-order valence-electron chi connectivity index (χ3n) is 5.32. The van der Waals surface area contributed by atoms with Gasteiger partial charge in [-0.1, -0.05) is 25.5 Å². The third kappa shape index (κ3) is 7.42. The van der Waals surface area contributed by atoms with Gasteiger partial charge in [-0.25, -0.2) is 0 Å². The van der Waals surface area contributed by atoms with Crippen LogP contribution in [0.1, 0.15) is 37.0 Å². The molecule has 0 aliphatic rings. The Hall–Kier alpha value is -3.65. The minimum absolute atomic E-state index is 0.118. The maximum Gasteiger partial charge on any atom is 0.263 e. The molecule has 3 aromatic rings. The topological polar surface area (TPSA) is 85.9 Å². The molecule has 0 heterocycles. The van der Waals surface area contributed by atoms with Crippen molar-refractivity contribution in [1.82, 2.24) is 0 Å². The maximum atomic E-state index is 13.0. The SMILES string of the molecule is CCCCOc1ccc(NC(=O)C(C)Sc2cccc(NC(=O)c3c(OC)cccc3OC)c2)cc1. The van der Waals surface area contributed by atoms with Crippen molar-refractivity contribution in [3.63, 3.8) is 0 Å². The molecule has 8 heteroatoms. The lowest BCUT2D eigenvalue weighted by molar-refractivity contribution is -0.115. The van der Waals surface area contributed by atoms with Gasteiger partial charge in [-0.2, -0.15) is 0 Å². The number of carbonyl (C=O) groups is 2. The van der Waals surface area contributed by atoms with E-state index in [4.69, 9.17) is 14.2 Å². The molecule has 2 N–H and O–H groups in total. The highest BCUT2D eigenvalue weighted by Gasteiger charge is 2.19. The van der Waals surface area contributed by atoms with Crippen LogP contribution in [0.25, 0.3) is 0 Å². The maximum absolute atomic E-state index is 13.0. The Morgan fingerprint density at radius 3 is 2.19 bits per heavy atom. The molecule has 190 valence electrons. The molecule has 7 nitrogen and oxygen atoms in total. The van der Waals surface area contributed by atoms with Crippen LogP contribution in [-0.2, 0) is 4.79 Å². The summed E-state index contributed by atoms with van der Waals surface area (Å²) in [4.78, 5) is 26.6. The fourth-order valence-electron chi connectivity index (χ4n) is 3.39. The van der Waals surface area contributed by atoms with E-state index in [0.717, 1.165) is 23.5 Å². The van der Waals surface area contributed by atoms with Crippen molar-refractivity contribution in [1.29, 1.82) is 0 Å². The average molecular weight is 509 g/mol. The van der Waals surface area contributed by atoms with Crippen LogP contribution < -0.4 is 24.8 Å². The fraction of sp³-hybridized carbons (Fsp3) is 0.286. The average Bonchev–Trinajstić information content (AvgIpc) is 2.89. The van der Waals surface area contributed by atoms with Gasteiger partial charge in [0.1, 0.15) is 22.8 Å². The number of amides is 2. The van der Waals surface area contributed by atoms with Crippen molar-refractivity contribution in [3.8, 4) is 17.2 Å². The van der Waals surface area contributed by atoms with Crippen LogP contribution in [0.5, 0.6) is 17.2 Å². The Morgan fingerprint density at radius 2 is 1.56 bits per heavy atom. The summed E-state index contributed by atoms with van der Waals surface area (Å²) in [6, 6.07) is 19.9. The van der Waals surface area contributed by atoms with Gasteiger partial charge >= 0.3 is 0 Å². The quantitative estimate of drug-likeness (QED) is 0.222. The van der Waals surface area contributed by atoms with Crippen LogP contribution in [0.15, 0.2) is 71.6 Å². The molecule has 0 saturated heterocycles. The number of nitrogens with one attached hydrogen (secondary N) is 2. The van der Waals surface area contributed by atoms with E-state index in [1.807, 2.05) is 49.4 Å². The lowest BCUT2D eigenvalue weighted by Crippen LogP contribution is -2.22. The summed E-state index contributed by atoms with van der Waals surface area (Å²) in [6.07, 6.45) is 2.09. The minimum Gasteiger partial charge on any atom is -0.496 e. The second-order valence-corrected chi connectivity index (χ2v) is 9.41. The summed E-state index contributed by atoms with van der Waals surface area (Å²) in [5, 5.41) is 5.47. The number of hydrogen-bond acceptors (Lipinski definition) is 6. The van der Waals surface area contributed by atoms with Crippen LogP contribution in [0.4, 0.5) is 11.4 Å². The van der Waals surface area contributed by atoms with Gasteiger partial charge in [-0.3, -0.25) is 9.59 Å². The normalized spacial score (nSPS) is 11.3. The minimum atomic E-state index is -0.356. The Bertz CT molecular complexity index is 1140. The number of hydrogen-bond donors (Lipinski definition) is 2. The van der Waals surface area contributed by atoms with Gasteiger partial charge in [0.15, 0.2) is 0 Å². The molecule has 0 fully saturated rings. The molecule has 36 heavy (non-hydrogen) atoms. The fourth-order valence-corrected chi connectivity index (χ4v) is 4.31. The summed E-state index contributed by atoms with van der Waals surface area (Å²) in [5.74, 6) is 1.16. The van der Waals surface area contributed by atoms with Gasteiger partial charge in [-0.05, 0) is 67.9 Å². The van der Waals surface area contributed by atoms with Gasteiger partial charge < -0.3 is 24.8 Å². The Labute approximate surface area is 216 Å². The van der Waals surface area contributed by atoms with Crippen LogP contribution in [0.2, 0.25) is 0 Å². The highest BCUT2D eigenvalue weighted by molar-refractivity contribution is 8.00. The number of rotatable bonds is 12. The Kier molecular flexibility index (Phi) is 10.1. The predicted molar refractivity (Wildman–Crippen MR) is 145 cm³/mol. The van der Waals surface area contributed by atoms with E-state index in [1.54, 1.807) is 24.3 Å². The van der Waals surface area contributed by atoms with Gasteiger partial charge in [0.2, 0.25) is 5.91 Å². The molecule has 0 bridgehead atoms. The lowest BCUT2D eigenvalue weighted by atomic mass is 10.1. The first kappa shape index (κ1) is 26.9. The molecule has 0 aliphatic carbocycles. The number of benzene rings is 3. The van der Waals surface area contributed by atoms with E-state index in [-0.39, 0.29) is 17.1 Å². The van der Waals surface area contributed by atoms with Crippen molar-refractivity contribution < 1.29 is 23.8 Å².